The van der Waals surface area contributed by atoms with Crippen LogP contribution in [0.25, 0.3) is 122 Å². The maximum absolute atomic E-state index is 6.63. The zero-order chi connectivity index (χ0) is 41.7. The summed E-state index contributed by atoms with van der Waals surface area (Å²) in [5, 5.41) is 6.55. The minimum absolute atomic E-state index is 0.595. The maximum atomic E-state index is 6.63. The van der Waals surface area contributed by atoms with Crippen LogP contribution < -0.4 is 0 Å². The molecule has 0 bridgehead atoms. The van der Waals surface area contributed by atoms with E-state index in [4.69, 9.17) is 24.4 Å². The number of oxazole rings is 1. The van der Waals surface area contributed by atoms with Crippen LogP contribution in [0.5, 0.6) is 0 Å². The molecule has 5 nitrogen and oxygen atoms in total. The SMILES string of the molecule is c1ccc(-c2ccc(-c3nc(-c4cccc(-c5ccc6c7ccccc7c7nc(-c8ccccc8)oc7c6c5)c4)nc(-c4ccc(-c5ccccc5)c5ccccc45)n3)cc2)cc1. The first-order chi connectivity index (χ1) is 31.2. The first kappa shape index (κ1) is 36.3. The van der Waals surface area contributed by atoms with E-state index < -0.39 is 0 Å². The van der Waals surface area contributed by atoms with Crippen LogP contribution in [0.3, 0.4) is 0 Å². The normalized spacial score (nSPS) is 11.5. The maximum Gasteiger partial charge on any atom is 0.227 e. The van der Waals surface area contributed by atoms with Gasteiger partial charge in [-0.1, -0.05) is 188 Å². The Kier molecular flexibility index (Phi) is 8.75. The van der Waals surface area contributed by atoms with Gasteiger partial charge in [-0.15, -0.1) is 0 Å². The second-order valence-electron chi connectivity index (χ2n) is 15.8. The molecule has 0 fully saturated rings. The van der Waals surface area contributed by atoms with Crippen LogP contribution in [0.15, 0.2) is 223 Å². The van der Waals surface area contributed by atoms with E-state index in [-0.39, 0.29) is 0 Å². The molecule has 0 spiro atoms. The smallest absolute Gasteiger partial charge is 0.227 e. The summed E-state index contributed by atoms with van der Waals surface area (Å²) >= 11 is 0. The van der Waals surface area contributed by atoms with Crippen LogP contribution in [0.2, 0.25) is 0 Å². The first-order valence-corrected chi connectivity index (χ1v) is 21.1. The van der Waals surface area contributed by atoms with E-state index in [2.05, 4.69) is 176 Å². The molecule has 12 rings (SSSR count). The van der Waals surface area contributed by atoms with Crippen molar-refractivity contribution in [1.29, 1.82) is 0 Å². The Balaban J connectivity index is 1.01. The molecule has 63 heavy (non-hydrogen) atoms. The fourth-order valence-electron chi connectivity index (χ4n) is 8.86. The summed E-state index contributed by atoms with van der Waals surface area (Å²) in [6, 6.07) is 75.8. The van der Waals surface area contributed by atoms with Gasteiger partial charge in [-0.25, -0.2) is 19.9 Å². The van der Waals surface area contributed by atoms with Crippen LogP contribution in [-0.2, 0) is 0 Å². The van der Waals surface area contributed by atoms with E-state index in [9.17, 15) is 0 Å². The molecule has 5 heteroatoms. The molecular weight excluding hydrogens is 769 g/mol. The van der Waals surface area contributed by atoms with Crippen molar-refractivity contribution in [1.82, 2.24) is 19.9 Å². The van der Waals surface area contributed by atoms with Gasteiger partial charge >= 0.3 is 0 Å². The van der Waals surface area contributed by atoms with E-state index in [1.807, 2.05) is 42.5 Å². The zero-order valence-electron chi connectivity index (χ0n) is 34.0. The second-order valence-corrected chi connectivity index (χ2v) is 15.8. The molecule has 10 aromatic carbocycles. The summed E-state index contributed by atoms with van der Waals surface area (Å²) < 4.78 is 6.63. The van der Waals surface area contributed by atoms with E-state index in [0.717, 1.165) is 99.1 Å². The molecule has 0 saturated carbocycles. The summed E-state index contributed by atoms with van der Waals surface area (Å²) in [5.74, 6) is 2.42. The molecule has 0 saturated heterocycles. The van der Waals surface area contributed by atoms with Crippen molar-refractivity contribution in [2.75, 3.05) is 0 Å². The minimum Gasteiger partial charge on any atom is -0.435 e. The van der Waals surface area contributed by atoms with E-state index >= 15 is 0 Å². The van der Waals surface area contributed by atoms with Gasteiger partial charge < -0.3 is 4.42 Å². The molecule has 0 atom stereocenters. The third-order valence-electron chi connectivity index (χ3n) is 12.0. The third-order valence-corrected chi connectivity index (χ3v) is 12.0. The summed E-state index contributed by atoms with van der Waals surface area (Å²) in [5.41, 5.74) is 12.0. The summed E-state index contributed by atoms with van der Waals surface area (Å²) in [6.07, 6.45) is 0. The first-order valence-electron chi connectivity index (χ1n) is 21.1. The average Bonchev–Trinajstić information content (AvgIpc) is 3.83. The monoisotopic (exact) mass is 804 g/mol. The van der Waals surface area contributed by atoms with Crippen molar-refractivity contribution < 1.29 is 4.42 Å². The van der Waals surface area contributed by atoms with Crippen molar-refractivity contribution in [2.45, 2.75) is 0 Å². The van der Waals surface area contributed by atoms with Gasteiger partial charge in [-0.3, -0.25) is 0 Å². The number of nitrogens with zero attached hydrogens (tertiary/aromatic N) is 4. The van der Waals surface area contributed by atoms with Gasteiger partial charge in [0.05, 0.1) is 0 Å². The molecule has 2 heterocycles. The molecule has 0 unspecified atom stereocenters. The molecule has 0 aliphatic carbocycles. The van der Waals surface area contributed by atoms with Crippen LogP contribution >= 0.6 is 0 Å². The average molecular weight is 805 g/mol. The lowest BCUT2D eigenvalue weighted by Gasteiger charge is -2.14. The third kappa shape index (κ3) is 6.51. The highest BCUT2D eigenvalue weighted by Crippen LogP contribution is 2.40. The number of aromatic nitrogens is 4. The quantitative estimate of drug-likeness (QED) is 0.150. The van der Waals surface area contributed by atoms with Gasteiger partial charge in [0.15, 0.2) is 23.1 Å². The van der Waals surface area contributed by atoms with Gasteiger partial charge in [0.2, 0.25) is 5.89 Å². The van der Waals surface area contributed by atoms with Gasteiger partial charge in [0, 0.05) is 33.0 Å². The highest BCUT2D eigenvalue weighted by atomic mass is 16.3. The Bertz CT molecular complexity index is 3660. The van der Waals surface area contributed by atoms with Gasteiger partial charge in [0.25, 0.3) is 0 Å². The van der Waals surface area contributed by atoms with Crippen molar-refractivity contribution in [3.05, 3.63) is 218 Å². The fraction of sp³-hybridized carbons (Fsp3) is 0. The van der Waals surface area contributed by atoms with Gasteiger partial charge in [-0.2, -0.15) is 0 Å². The molecule has 0 N–H and O–H groups in total. The lowest BCUT2D eigenvalue weighted by molar-refractivity contribution is 0.623. The summed E-state index contributed by atoms with van der Waals surface area (Å²) in [6.45, 7) is 0. The second kappa shape index (κ2) is 15.2. The number of benzene rings is 10. The minimum atomic E-state index is 0.595. The molecule has 0 aliphatic heterocycles. The number of hydrogen-bond donors (Lipinski definition) is 0. The number of fused-ring (bicyclic) bond motifs is 7. The van der Waals surface area contributed by atoms with E-state index in [0.29, 0.717) is 23.4 Å². The zero-order valence-corrected chi connectivity index (χ0v) is 34.0. The standard InChI is InChI=1S/C58H36N4O/c1-4-15-37(16-5-1)38-27-29-40(30-28-38)55-60-56(62-57(61-55)51-34-33-45(39-17-6-2-7-18-39)46-23-10-11-25-48(46)51)44-22-14-21-42(35-44)43-31-32-49-47-24-12-13-26-50(47)53-54(52(49)36-43)63-58(59-53)41-19-8-3-9-20-41/h1-36H. The highest BCUT2D eigenvalue weighted by molar-refractivity contribution is 6.23. The predicted octanol–water partition coefficient (Wildman–Crippen LogP) is 15.1. The van der Waals surface area contributed by atoms with Gasteiger partial charge in [0.1, 0.15) is 5.52 Å². The lowest BCUT2D eigenvalue weighted by atomic mass is 9.94. The van der Waals surface area contributed by atoms with Crippen LogP contribution in [-0.4, -0.2) is 19.9 Å². The number of hydrogen-bond acceptors (Lipinski definition) is 5. The van der Waals surface area contributed by atoms with Gasteiger partial charge in [-0.05, 0) is 85.3 Å². The van der Waals surface area contributed by atoms with Crippen LogP contribution in [0.1, 0.15) is 0 Å². The van der Waals surface area contributed by atoms with Crippen LogP contribution in [0, 0.1) is 0 Å². The summed E-state index contributed by atoms with van der Waals surface area (Å²) in [7, 11) is 0. The molecule has 12 aromatic rings. The summed E-state index contributed by atoms with van der Waals surface area (Å²) in [4.78, 5) is 20.7. The molecule has 0 amide bonds. The largest absolute Gasteiger partial charge is 0.435 e. The van der Waals surface area contributed by atoms with Crippen molar-refractivity contribution in [2.24, 2.45) is 0 Å². The fourth-order valence-corrected chi connectivity index (χ4v) is 8.86. The highest BCUT2D eigenvalue weighted by Gasteiger charge is 2.19. The molecule has 294 valence electrons. The molecule has 0 radical (unpaired) electrons. The Morgan fingerprint density at radius 1 is 0.254 bits per heavy atom. The Labute approximate surface area is 363 Å². The Morgan fingerprint density at radius 2 is 0.730 bits per heavy atom. The molecular formula is C58H36N4O. The van der Waals surface area contributed by atoms with Crippen molar-refractivity contribution >= 4 is 43.4 Å². The predicted molar refractivity (Wildman–Crippen MR) is 258 cm³/mol. The van der Waals surface area contributed by atoms with E-state index in [1.165, 1.54) is 0 Å². The lowest BCUT2D eigenvalue weighted by Crippen LogP contribution is -2.01. The van der Waals surface area contributed by atoms with Crippen molar-refractivity contribution in [3.63, 3.8) is 0 Å². The Hall–Kier alpha value is -8.54. The Morgan fingerprint density at radius 3 is 1.46 bits per heavy atom. The van der Waals surface area contributed by atoms with Crippen molar-refractivity contribution in [3.8, 4) is 79.0 Å². The van der Waals surface area contributed by atoms with Crippen LogP contribution in [0.4, 0.5) is 0 Å². The molecule has 2 aromatic heterocycles. The topological polar surface area (TPSA) is 64.7 Å². The molecule has 0 aliphatic rings. The van der Waals surface area contributed by atoms with E-state index in [1.54, 1.807) is 0 Å². The number of rotatable bonds is 7.